The van der Waals surface area contributed by atoms with Gasteiger partial charge < -0.3 is 15.4 Å². The van der Waals surface area contributed by atoms with Crippen LogP contribution in [0.5, 0.6) is 0 Å². The maximum atomic E-state index is 5.30. The van der Waals surface area contributed by atoms with Gasteiger partial charge in [0.2, 0.25) is 0 Å². The molecule has 2 heterocycles. The number of ether oxygens (including phenoxy) is 1. The number of thiophene rings is 1. The van der Waals surface area contributed by atoms with E-state index in [0.29, 0.717) is 11.3 Å². The summed E-state index contributed by atoms with van der Waals surface area (Å²) in [4.78, 5) is 8.52. The van der Waals surface area contributed by atoms with E-state index < -0.39 is 0 Å². The average Bonchev–Trinajstić information content (AvgIpc) is 3.16. The van der Waals surface area contributed by atoms with Crippen LogP contribution in [-0.2, 0) is 11.3 Å². The molecule has 0 amide bonds. The van der Waals surface area contributed by atoms with E-state index in [1.807, 2.05) is 18.4 Å². The van der Waals surface area contributed by atoms with Gasteiger partial charge >= 0.3 is 0 Å². The predicted octanol–water partition coefficient (Wildman–Crippen LogP) is 3.95. The minimum absolute atomic E-state index is 0. The van der Waals surface area contributed by atoms with Crippen molar-refractivity contribution in [3.8, 4) is 0 Å². The molecule has 1 atom stereocenters. The Morgan fingerprint density at radius 3 is 2.86 bits per heavy atom. The summed E-state index contributed by atoms with van der Waals surface area (Å²) >= 11 is 1.87. The Morgan fingerprint density at radius 1 is 1.36 bits per heavy atom. The van der Waals surface area contributed by atoms with E-state index in [1.165, 1.54) is 50.1 Å². The van der Waals surface area contributed by atoms with E-state index in [0.717, 1.165) is 38.6 Å². The summed E-state index contributed by atoms with van der Waals surface area (Å²) < 4.78 is 5.30. The monoisotopic (exact) mass is 520 g/mol. The quantitative estimate of drug-likeness (QED) is 0.294. The molecule has 28 heavy (non-hydrogen) atoms. The Bertz CT molecular complexity index is 577. The Morgan fingerprint density at radius 2 is 2.21 bits per heavy atom. The molecule has 1 unspecified atom stereocenters. The van der Waals surface area contributed by atoms with Crippen molar-refractivity contribution >= 4 is 41.3 Å². The van der Waals surface area contributed by atoms with Crippen LogP contribution in [0.25, 0.3) is 0 Å². The van der Waals surface area contributed by atoms with Crippen LogP contribution in [0.4, 0.5) is 0 Å². The molecule has 2 N–H and O–H groups in total. The Balaban J connectivity index is 0.00000280. The van der Waals surface area contributed by atoms with Gasteiger partial charge in [-0.3, -0.25) is 9.89 Å². The molecule has 1 aromatic rings. The van der Waals surface area contributed by atoms with Crippen molar-refractivity contribution in [3.05, 3.63) is 22.4 Å². The maximum Gasteiger partial charge on any atom is 0.191 e. The molecule has 0 radical (unpaired) electrons. The summed E-state index contributed by atoms with van der Waals surface area (Å²) in [5.41, 5.74) is 0.413. The molecule has 1 saturated heterocycles. The van der Waals surface area contributed by atoms with Gasteiger partial charge in [0.1, 0.15) is 0 Å². The van der Waals surface area contributed by atoms with Gasteiger partial charge in [-0.25, -0.2) is 0 Å². The number of methoxy groups -OCH3 is 1. The van der Waals surface area contributed by atoms with Gasteiger partial charge in [-0.15, -0.1) is 35.3 Å². The van der Waals surface area contributed by atoms with Crippen LogP contribution in [0, 0.1) is 11.3 Å². The van der Waals surface area contributed by atoms with Gasteiger partial charge in [-0.05, 0) is 61.4 Å². The minimum Gasteiger partial charge on any atom is -0.385 e. The Labute approximate surface area is 191 Å². The van der Waals surface area contributed by atoms with Crippen LogP contribution in [-0.4, -0.2) is 57.8 Å². The summed E-state index contributed by atoms with van der Waals surface area (Å²) in [5.74, 6) is 1.65. The highest BCUT2D eigenvalue weighted by atomic mass is 127. The Kier molecular flexibility index (Phi) is 10.5. The lowest BCUT2D eigenvalue weighted by Crippen LogP contribution is -2.48. The number of hydrogen-bond donors (Lipinski definition) is 2. The smallest absolute Gasteiger partial charge is 0.191 e. The lowest BCUT2D eigenvalue weighted by atomic mass is 9.67. The molecule has 5 nitrogen and oxygen atoms in total. The van der Waals surface area contributed by atoms with Crippen molar-refractivity contribution in [3.63, 3.8) is 0 Å². The zero-order valence-corrected chi connectivity index (χ0v) is 20.6. The van der Waals surface area contributed by atoms with Crippen LogP contribution in [0.1, 0.15) is 43.4 Å². The molecule has 0 bridgehead atoms. The maximum absolute atomic E-state index is 5.30. The lowest BCUT2D eigenvalue weighted by molar-refractivity contribution is 0.0732. The molecule has 1 saturated carbocycles. The number of aliphatic imine (C=N–C) groups is 1. The third-order valence-corrected chi connectivity index (χ3v) is 7.09. The first-order chi connectivity index (χ1) is 13.2. The predicted molar refractivity (Wildman–Crippen MR) is 130 cm³/mol. The number of halogens is 1. The summed E-state index contributed by atoms with van der Waals surface area (Å²) in [6, 6.07) is 4.40. The second kappa shape index (κ2) is 12.3. The molecule has 7 heteroatoms. The van der Waals surface area contributed by atoms with Gasteiger partial charge in [-0.2, -0.15) is 0 Å². The van der Waals surface area contributed by atoms with E-state index in [-0.39, 0.29) is 24.0 Å². The molecule has 160 valence electrons. The second-order valence-corrected chi connectivity index (χ2v) is 9.26. The van der Waals surface area contributed by atoms with Crippen molar-refractivity contribution in [2.24, 2.45) is 16.3 Å². The molecule has 2 aliphatic rings. The molecular weight excluding hydrogens is 483 g/mol. The SMILES string of the molecule is CN=C(NCC1CCCN(Cc2cccs2)C1)NCC1(CCOC)CCC1.I. The van der Waals surface area contributed by atoms with Gasteiger partial charge in [0.15, 0.2) is 5.96 Å². The molecule has 1 aliphatic heterocycles. The van der Waals surface area contributed by atoms with Gasteiger partial charge in [0, 0.05) is 51.8 Å². The number of likely N-dealkylation sites (tertiary alicyclic amines) is 1. The zero-order valence-electron chi connectivity index (χ0n) is 17.4. The van der Waals surface area contributed by atoms with Crippen molar-refractivity contribution in [1.82, 2.24) is 15.5 Å². The average molecular weight is 521 g/mol. The minimum atomic E-state index is 0. The first-order valence-corrected chi connectivity index (χ1v) is 11.3. The number of nitrogens with zero attached hydrogens (tertiary/aromatic N) is 2. The largest absolute Gasteiger partial charge is 0.385 e. The van der Waals surface area contributed by atoms with Crippen molar-refractivity contribution in [2.45, 2.75) is 45.1 Å². The molecule has 0 spiro atoms. The molecule has 0 aromatic carbocycles. The molecule has 1 aliphatic carbocycles. The van der Waals surface area contributed by atoms with E-state index in [2.05, 4.69) is 38.0 Å². The topological polar surface area (TPSA) is 48.9 Å². The van der Waals surface area contributed by atoms with Crippen LogP contribution >= 0.6 is 35.3 Å². The lowest BCUT2D eigenvalue weighted by Gasteiger charge is -2.42. The van der Waals surface area contributed by atoms with Crippen LogP contribution in [0.3, 0.4) is 0 Å². The fourth-order valence-corrected chi connectivity index (χ4v) is 5.07. The van der Waals surface area contributed by atoms with E-state index in [4.69, 9.17) is 4.74 Å². The zero-order chi connectivity index (χ0) is 19.0. The van der Waals surface area contributed by atoms with Crippen molar-refractivity contribution in [2.75, 3.05) is 46.9 Å². The number of rotatable bonds is 9. The first-order valence-electron chi connectivity index (χ1n) is 10.4. The summed E-state index contributed by atoms with van der Waals surface area (Å²) in [6.07, 6.45) is 7.71. The van der Waals surface area contributed by atoms with Crippen molar-refractivity contribution < 1.29 is 4.74 Å². The fourth-order valence-electron chi connectivity index (χ4n) is 4.33. The van der Waals surface area contributed by atoms with E-state index in [9.17, 15) is 0 Å². The second-order valence-electron chi connectivity index (χ2n) is 8.23. The van der Waals surface area contributed by atoms with Gasteiger partial charge in [-0.1, -0.05) is 12.5 Å². The number of hydrogen-bond acceptors (Lipinski definition) is 4. The standard InChI is InChI=1S/C21H36N4OS.HI/c1-22-20(24-17-21(8-5-9-21)10-12-26-2)23-14-18-6-3-11-25(15-18)16-19-7-4-13-27-19;/h4,7,13,18H,3,5-6,8-12,14-17H2,1-2H3,(H2,22,23,24);1H. The fraction of sp³-hybridized carbons (Fsp3) is 0.762. The van der Waals surface area contributed by atoms with Gasteiger partial charge in [0.25, 0.3) is 0 Å². The van der Waals surface area contributed by atoms with E-state index >= 15 is 0 Å². The summed E-state index contributed by atoms with van der Waals surface area (Å²) in [7, 11) is 3.67. The number of piperidine rings is 1. The number of nitrogens with one attached hydrogen (secondary N) is 2. The first kappa shape index (κ1) is 23.9. The molecule has 3 rings (SSSR count). The van der Waals surface area contributed by atoms with Gasteiger partial charge in [0.05, 0.1) is 0 Å². The van der Waals surface area contributed by atoms with Crippen molar-refractivity contribution in [1.29, 1.82) is 0 Å². The highest BCUT2D eigenvalue weighted by Crippen LogP contribution is 2.43. The van der Waals surface area contributed by atoms with Crippen LogP contribution in [0.15, 0.2) is 22.5 Å². The Hall–Kier alpha value is -0.380. The van der Waals surface area contributed by atoms with E-state index in [1.54, 1.807) is 7.11 Å². The normalized spacial score (nSPS) is 22.2. The van der Waals surface area contributed by atoms with Crippen LogP contribution in [0.2, 0.25) is 0 Å². The number of guanidine groups is 1. The van der Waals surface area contributed by atoms with Crippen LogP contribution < -0.4 is 10.6 Å². The molecular formula is C21H37IN4OS. The third kappa shape index (κ3) is 7.15. The molecule has 1 aromatic heterocycles. The highest BCUT2D eigenvalue weighted by Gasteiger charge is 2.36. The summed E-state index contributed by atoms with van der Waals surface area (Å²) in [6.45, 7) is 6.37. The molecule has 2 fully saturated rings. The summed E-state index contributed by atoms with van der Waals surface area (Å²) in [5, 5.41) is 9.33. The third-order valence-electron chi connectivity index (χ3n) is 6.23. The highest BCUT2D eigenvalue weighted by molar-refractivity contribution is 14.0.